The third kappa shape index (κ3) is 21.6. The number of halogens is 8. The number of hydrogen-bond donors (Lipinski definition) is 3. The second-order valence-electron chi connectivity index (χ2n) is 31.6. The van der Waals surface area contributed by atoms with E-state index < -0.39 is 37.2 Å². The highest BCUT2D eigenvalue weighted by Gasteiger charge is 2.58. The molecule has 3 N–H and O–H groups in total. The first-order valence-corrected chi connectivity index (χ1v) is 41.0. The van der Waals surface area contributed by atoms with Crippen LogP contribution in [0.15, 0.2) is 243 Å². The maximum atomic E-state index is 11.4. The van der Waals surface area contributed by atoms with Crippen molar-refractivity contribution < 1.29 is 76.2 Å². The van der Waals surface area contributed by atoms with Gasteiger partial charge in [0.05, 0.1) is 17.8 Å². The standard InChI is InChI=1S/C26H30BNO2.C21H21NO.C21H21N.C20H19NO.C2F6O5S2.C2H4O2.2BrH/c1-25(2)26(3,4)30-27(29-25)22-12-13-23-21(15-22)16-28(5)17-24(23)20-11-10-18-8-6-7-9-19(18)14-20;1-22-12-19-10-15(14-23)6-9-20(19)21(13-22)18-8-7-16-4-2-3-5-17(16)11-18;1-15-7-10-20-19(11-15)13-22(2)14-21(20)18-9-8-16-5-3-4-6-17(16)12-18;1-21-12-17-11-18(22)8-9-19(17)20(13-21)16-7-6-14-4-2-3-5-15(14)10-16;3-1(4,5)14(9,10)13-15(11,12)2(6,7)8;1-2(3)4;;/h6-15,24H,16-17H2,1-5H3;2-11,21,23H,12-14H2,1H3;3-12,21H,13-14H2,1-2H3;2-11,20,22H,12-13H2,1H3;;1H3,(H,3,4);2*1H/t24-;2*21-;20-;;;;/m0000..../s1. The number of hydrogen-bond acceptors (Lipinski definition) is 14. The first kappa shape index (κ1) is 91.4. The van der Waals surface area contributed by atoms with Crippen LogP contribution >= 0.6 is 34.0 Å². The molecule has 622 valence electrons. The molecule has 12 aromatic carbocycles. The fourth-order valence-electron chi connectivity index (χ4n) is 15.8. The lowest BCUT2D eigenvalue weighted by Crippen LogP contribution is -2.41. The maximum Gasteiger partial charge on any atom is 0.524 e. The first-order chi connectivity index (χ1) is 54.8. The quantitative estimate of drug-likeness (QED) is 0.0740. The molecule has 5 aliphatic heterocycles. The van der Waals surface area contributed by atoms with E-state index in [0.29, 0.717) is 29.4 Å². The van der Waals surface area contributed by atoms with Crippen molar-refractivity contribution in [1.29, 1.82) is 0 Å². The van der Waals surface area contributed by atoms with Crippen LogP contribution in [-0.4, -0.2) is 141 Å². The molecule has 0 radical (unpaired) electrons. The molecule has 0 saturated carbocycles. The molecule has 5 aliphatic rings. The number of aromatic hydroxyl groups is 1. The SMILES string of the molecule is Br.Br.CC(=O)O.CN1Cc2cc(B3OC(C)(C)C(C)(C)O3)ccc2[C@H](c2ccc3ccccc3c2)C1.CN1Cc2cc(CO)ccc2[C@H](c2ccc3ccccc3c2)C1.CN1Cc2cc(O)ccc2[C@H](c2ccc3ccccc3c2)C1.Cc1ccc2c(c1)CN(C)C[C@H]2c1ccc2ccccc2c1.O=S(=O)(OS(=O)(=O)C(F)(F)F)C(F)(F)F. The van der Waals surface area contributed by atoms with Gasteiger partial charge in [0.2, 0.25) is 0 Å². The van der Waals surface area contributed by atoms with Crippen LogP contribution in [0.3, 0.4) is 0 Å². The van der Waals surface area contributed by atoms with Crippen molar-refractivity contribution in [3.05, 3.63) is 321 Å². The Labute approximate surface area is 707 Å². The first-order valence-electron chi connectivity index (χ1n) is 38.2. The van der Waals surface area contributed by atoms with Gasteiger partial charge in [0.25, 0.3) is 5.97 Å². The number of nitrogens with zero attached hydrogens (tertiary/aromatic N) is 4. The predicted octanol–water partition coefficient (Wildman–Crippen LogP) is 19.4. The van der Waals surface area contributed by atoms with Crippen LogP contribution in [0.2, 0.25) is 0 Å². The Balaban J connectivity index is 0.000000155. The Morgan fingerprint density at radius 3 is 1.05 bits per heavy atom. The minimum Gasteiger partial charge on any atom is -0.508 e. The van der Waals surface area contributed by atoms with Crippen molar-refractivity contribution in [2.75, 3.05) is 54.4 Å². The average molecular weight is 1780 g/mol. The number of aryl methyl sites for hydroxylation is 1. The lowest BCUT2D eigenvalue weighted by Gasteiger charge is -2.33. The minimum absolute atomic E-state index is 0. The summed E-state index contributed by atoms with van der Waals surface area (Å²) >= 11 is 0. The zero-order chi connectivity index (χ0) is 83.4. The summed E-state index contributed by atoms with van der Waals surface area (Å²) in [5, 5.41) is 37.0. The Bertz CT molecular complexity index is 5620. The van der Waals surface area contributed by atoms with E-state index in [1.54, 1.807) is 6.07 Å². The molecular formula is C92H97BBr2F6N4O11S2. The molecule has 0 aliphatic carbocycles. The molecule has 0 aromatic heterocycles. The number of benzene rings is 12. The van der Waals surface area contributed by atoms with Gasteiger partial charge in [-0.3, -0.25) is 4.79 Å². The number of carboxylic acids is 1. The number of aliphatic hydroxyl groups is 1. The van der Waals surface area contributed by atoms with Gasteiger partial charge >= 0.3 is 38.4 Å². The number of aliphatic carboxylic acids is 1. The van der Waals surface area contributed by atoms with E-state index in [1.807, 2.05) is 9.70 Å². The number of carboxylic acid groups (broad SMARTS) is 1. The topological polar surface area (TPSA) is 187 Å². The van der Waals surface area contributed by atoms with Crippen LogP contribution < -0.4 is 5.46 Å². The lowest BCUT2D eigenvalue weighted by molar-refractivity contribution is -0.134. The Morgan fingerprint density at radius 1 is 0.432 bits per heavy atom. The summed E-state index contributed by atoms with van der Waals surface area (Å²) in [4.78, 5) is 18.5. The highest BCUT2D eigenvalue weighted by molar-refractivity contribution is 8.93. The number of rotatable bonds is 8. The van der Waals surface area contributed by atoms with Crippen molar-refractivity contribution in [1.82, 2.24) is 19.6 Å². The van der Waals surface area contributed by atoms with Gasteiger partial charge in [-0.25, -0.2) is 0 Å². The number of alkyl halides is 6. The summed E-state index contributed by atoms with van der Waals surface area (Å²) in [7, 11) is -5.27. The second kappa shape index (κ2) is 37.8. The molecule has 0 unspecified atom stereocenters. The summed E-state index contributed by atoms with van der Waals surface area (Å²) in [5.74, 6) is 1.11. The van der Waals surface area contributed by atoms with Crippen molar-refractivity contribution >= 4 is 116 Å². The van der Waals surface area contributed by atoms with Gasteiger partial charge < -0.3 is 44.2 Å². The van der Waals surface area contributed by atoms with Gasteiger partial charge in [-0.05, 0) is 196 Å². The largest absolute Gasteiger partial charge is 0.524 e. The summed E-state index contributed by atoms with van der Waals surface area (Å²) in [6.45, 7) is 19.8. The number of fused-ring (bicyclic) bond motifs is 8. The molecule has 1 saturated heterocycles. The van der Waals surface area contributed by atoms with Crippen molar-refractivity contribution in [3.63, 3.8) is 0 Å². The maximum absolute atomic E-state index is 11.4. The zero-order valence-electron chi connectivity index (χ0n) is 67.1. The lowest BCUT2D eigenvalue weighted by atomic mass is 9.75. The zero-order valence-corrected chi connectivity index (χ0v) is 72.2. The molecule has 0 bridgehead atoms. The molecule has 15 nitrogen and oxygen atoms in total. The fourth-order valence-corrected chi connectivity index (χ4v) is 17.4. The molecule has 0 amide bonds. The number of likely N-dealkylation sites (N-methyl/N-ethyl adjacent to an activating group) is 4. The van der Waals surface area contributed by atoms with E-state index in [0.717, 1.165) is 70.3 Å². The van der Waals surface area contributed by atoms with E-state index in [1.165, 1.54) is 115 Å². The third-order valence-corrected chi connectivity index (χ3v) is 24.8. The van der Waals surface area contributed by atoms with Crippen LogP contribution in [0.4, 0.5) is 26.3 Å². The molecule has 17 rings (SSSR count). The molecule has 1 fully saturated rings. The smallest absolute Gasteiger partial charge is 0.508 e. The Morgan fingerprint density at radius 2 is 0.720 bits per heavy atom. The van der Waals surface area contributed by atoms with Gasteiger partial charge in [-0.2, -0.15) is 43.2 Å². The van der Waals surface area contributed by atoms with Crippen LogP contribution in [-0.2, 0) is 70.8 Å². The third-order valence-electron chi connectivity index (χ3n) is 22.2. The van der Waals surface area contributed by atoms with Crippen molar-refractivity contribution in [2.24, 2.45) is 0 Å². The predicted molar refractivity (Wildman–Crippen MR) is 467 cm³/mol. The van der Waals surface area contributed by atoms with E-state index in [2.05, 4.69) is 313 Å². The fraction of sp³-hybridized carbons (Fsp3) is 0.293. The van der Waals surface area contributed by atoms with Gasteiger partial charge in [0, 0.05) is 83.0 Å². The van der Waals surface area contributed by atoms with Crippen LogP contribution in [0.1, 0.15) is 136 Å². The second-order valence-corrected chi connectivity index (χ2v) is 34.9. The van der Waals surface area contributed by atoms with Gasteiger partial charge in [-0.1, -0.05) is 236 Å². The van der Waals surface area contributed by atoms with Gasteiger partial charge in [0.15, 0.2) is 0 Å². The average Bonchev–Trinajstić information content (AvgIpc) is 1.56. The van der Waals surface area contributed by atoms with E-state index in [-0.39, 0.29) is 58.9 Å². The molecule has 118 heavy (non-hydrogen) atoms. The van der Waals surface area contributed by atoms with Crippen LogP contribution in [0.25, 0.3) is 43.1 Å². The molecule has 26 heteroatoms. The monoisotopic (exact) mass is 1780 g/mol. The number of phenols is 1. The molecular weight excluding hydrogens is 1690 g/mol. The number of phenolic OH excluding ortho intramolecular Hbond substituents is 1. The van der Waals surface area contributed by atoms with Gasteiger partial charge in [-0.15, -0.1) is 37.6 Å². The highest BCUT2D eigenvalue weighted by atomic mass is 79.9. The van der Waals surface area contributed by atoms with E-state index >= 15 is 0 Å². The van der Waals surface area contributed by atoms with Gasteiger partial charge in [0.1, 0.15) is 5.75 Å². The Hall–Kier alpha value is -8.87. The molecule has 12 aromatic rings. The summed E-state index contributed by atoms with van der Waals surface area (Å²) in [6.07, 6.45) is 0. The van der Waals surface area contributed by atoms with Crippen LogP contribution in [0.5, 0.6) is 5.75 Å². The minimum atomic E-state index is -6.85. The Kier molecular flexibility index (Phi) is 29.3. The number of aliphatic hydroxyl groups excluding tert-OH is 1. The molecule has 0 spiro atoms. The highest BCUT2D eigenvalue weighted by Crippen LogP contribution is 2.42. The van der Waals surface area contributed by atoms with E-state index in [9.17, 15) is 53.4 Å². The normalized spacial score (nSPS) is 18.4. The van der Waals surface area contributed by atoms with E-state index in [4.69, 9.17) is 19.2 Å². The summed E-state index contributed by atoms with van der Waals surface area (Å²) in [6, 6.07) is 87.5. The number of carbonyl (C=O) groups is 1. The molecule has 4 atom stereocenters. The molecule has 5 heterocycles. The summed E-state index contributed by atoms with van der Waals surface area (Å²) in [5.41, 5.74) is 6.89. The van der Waals surface area contributed by atoms with Crippen molar-refractivity contribution in [2.45, 2.75) is 120 Å². The van der Waals surface area contributed by atoms with Crippen LogP contribution in [0, 0.1) is 6.92 Å². The van der Waals surface area contributed by atoms with Crippen molar-refractivity contribution in [3.8, 4) is 5.75 Å². The summed E-state index contributed by atoms with van der Waals surface area (Å²) < 4.78 is 123.